The molecule has 1 aliphatic rings. The normalized spacial score (nSPS) is 16.2. The Bertz CT molecular complexity index is 423. The molecule has 98 valence electrons. The molecule has 0 radical (unpaired) electrons. The van der Waals surface area contributed by atoms with Gasteiger partial charge in [0.15, 0.2) is 0 Å². The van der Waals surface area contributed by atoms with E-state index in [-0.39, 0.29) is 6.03 Å². The summed E-state index contributed by atoms with van der Waals surface area (Å²) < 4.78 is 0. The number of nitrogens with one attached hydrogen (secondary N) is 1. The van der Waals surface area contributed by atoms with Crippen LogP contribution < -0.4 is 11.1 Å². The number of amides is 2. The third-order valence-corrected chi connectivity index (χ3v) is 3.40. The number of nitrogens with zero attached hydrogens (tertiary/aromatic N) is 1. The molecular weight excluding hydrogens is 226 g/mol. The molecule has 1 aromatic rings. The first-order valence-electron chi connectivity index (χ1n) is 6.59. The number of rotatable bonds is 1. The van der Waals surface area contributed by atoms with Crippen molar-refractivity contribution in [3.8, 4) is 0 Å². The number of nitrogens with two attached hydrogens (primary N) is 1. The fourth-order valence-electron chi connectivity index (χ4n) is 2.24. The average Bonchev–Trinajstić information content (AvgIpc) is 2.62. The predicted molar refractivity (Wildman–Crippen MR) is 74.7 cm³/mol. The largest absolute Gasteiger partial charge is 0.399 e. The molecule has 0 spiro atoms. The van der Waals surface area contributed by atoms with Crippen LogP contribution in [0.4, 0.5) is 16.2 Å². The first kappa shape index (κ1) is 12.7. The summed E-state index contributed by atoms with van der Waals surface area (Å²) in [5, 5.41) is 2.96. The number of hydrogen-bond acceptors (Lipinski definition) is 2. The number of anilines is 2. The summed E-state index contributed by atoms with van der Waals surface area (Å²) in [4.78, 5) is 14.1. The minimum absolute atomic E-state index is 0.00870. The molecule has 1 aliphatic heterocycles. The van der Waals surface area contributed by atoms with E-state index in [2.05, 4.69) is 5.32 Å². The van der Waals surface area contributed by atoms with Crippen LogP contribution in [-0.4, -0.2) is 24.0 Å². The number of aryl methyl sites for hydroxylation is 1. The molecule has 0 aliphatic carbocycles. The zero-order valence-electron chi connectivity index (χ0n) is 10.9. The van der Waals surface area contributed by atoms with Gasteiger partial charge in [-0.1, -0.05) is 18.9 Å². The highest BCUT2D eigenvalue weighted by Crippen LogP contribution is 2.19. The maximum Gasteiger partial charge on any atom is 0.321 e. The van der Waals surface area contributed by atoms with Crippen LogP contribution in [0.25, 0.3) is 0 Å². The van der Waals surface area contributed by atoms with E-state index >= 15 is 0 Å². The third-order valence-electron chi connectivity index (χ3n) is 3.40. The second-order valence-corrected chi connectivity index (χ2v) is 4.91. The first-order valence-corrected chi connectivity index (χ1v) is 6.59. The van der Waals surface area contributed by atoms with Crippen molar-refractivity contribution < 1.29 is 4.79 Å². The van der Waals surface area contributed by atoms with E-state index in [0.717, 1.165) is 37.2 Å². The summed E-state index contributed by atoms with van der Waals surface area (Å²) >= 11 is 0. The lowest BCUT2D eigenvalue weighted by atomic mass is 10.2. The second kappa shape index (κ2) is 5.76. The van der Waals surface area contributed by atoms with Gasteiger partial charge in [0.25, 0.3) is 0 Å². The zero-order chi connectivity index (χ0) is 13.0. The molecule has 18 heavy (non-hydrogen) atoms. The van der Waals surface area contributed by atoms with Crippen molar-refractivity contribution in [2.45, 2.75) is 32.6 Å². The maximum absolute atomic E-state index is 12.2. The Labute approximate surface area is 108 Å². The summed E-state index contributed by atoms with van der Waals surface area (Å²) in [6, 6.07) is 5.57. The molecule has 0 unspecified atom stereocenters. The zero-order valence-corrected chi connectivity index (χ0v) is 10.9. The van der Waals surface area contributed by atoms with Gasteiger partial charge in [-0.3, -0.25) is 0 Å². The quantitative estimate of drug-likeness (QED) is 0.749. The fourth-order valence-corrected chi connectivity index (χ4v) is 2.24. The Morgan fingerprint density at radius 2 is 1.89 bits per heavy atom. The van der Waals surface area contributed by atoms with Crippen LogP contribution in [0, 0.1) is 6.92 Å². The monoisotopic (exact) mass is 247 g/mol. The molecule has 4 heteroatoms. The van der Waals surface area contributed by atoms with Gasteiger partial charge in [-0.15, -0.1) is 0 Å². The molecule has 0 aromatic heterocycles. The number of nitrogen functional groups attached to an aromatic ring is 1. The van der Waals surface area contributed by atoms with Gasteiger partial charge in [-0.25, -0.2) is 4.79 Å². The highest BCUT2D eigenvalue weighted by Gasteiger charge is 2.15. The van der Waals surface area contributed by atoms with Gasteiger partial charge in [-0.05, 0) is 37.5 Å². The summed E-state index contributed by atoms with van der Waals surface area (Å²) in [5.74, 6) is 0. The Hall–Kier alpha value is -1.71. The minimum Gasteiger partial charge on any atom is -0.399 e. The average molecular weight is 247 g/mol. The standard InChI is InChI=1S/C14H21N3O/c1-11-6-7-12(15)10-13(11)16-14(18)17-8-4-2-3-5-9-17/h6-7,10H,2-5,8-9,15H2,1H3,(H,16,18). The molecule has 4 nitrogen and oxygen atoms in total. The molecule has 0 saturated carbocycles. The van der Waals surface area contributed by atoms with Crippen molar-refractivity contribution in [1.82, 2.24) is 4.90 Å². The second-order valence-electron chi connectivity index (χ2n) is 4.91. The number of likely N-dealkylation sites (tertiary alicyclic amines) is 1. The van der Waals surface area contributed by atoms with Crippen LogP contribution in [0.1, 0.15) is 31.2 Å². The van der Waals surface area contributed by atoms with Crippen molar-refractivity contribution in [3.05, 3.63) is 23.8 Å². The molecule has 3 N–H and O–H groups in total. The molecular formula is C14H21N3O. The lowest BCUT2D eigenvalue weighted by Gasteiger charge is -2.21. The topological polar surface area (TPSA) is 58.4 Å². The van der Waals surface area contributed by atoms with Crippen molar-refractivity contribution in [3.63, 3.8) is 0 Å². The lowest BCUT2D eigenvalue weighted by Crippen LogP contribution is -2.35. The van der Waals surface area contributed by atoms with Crippen LogP contribution in [0.5, 0.6) is 0 Å². The molecule has 2 amide bonds. The predicted octanol–water partition coefficient (Wildman–Crippen LogP) is 2.99. The van der Waals surface area contributed by atoms with Crippen LogP contribution >= 0.6 is 0 Å². The first-order chi connectivity index (χ1) is 8.66. The molecule has 1 aromatic carbocycles. The third kappa shape index (κ3) is 3.15. The van der Waals surface area contributed by atoms with Gasteiger partial charge in [0.1, 0.15) is 0 Å². The van der Waals surface area contributed by atoms with Crippen LogP contribution in [0.15, 0.2) is 18.2 Å². The summed E-state index contributed by atoms with van der Waals surface area (Å²) in [6.45, 7) is 3.68. The van der Waals surface area contributed by atoms with E-state index in [0.29, 0.717) is 5.69 Å². The Kier molecular flexibility index (Phi) is 4.07. The lowest BCUT2D eigenvalue weighted by molar-refractivity contribution is 0.214. The van der Waals surface area contributed by atoms with Crippen molar-refractivity contribution in [1.29, 1.82) is 0 Å². The van der Waals surface area contributed by atoms with Gasteiger partial charge in [0.05, 0.1) is 0 Å². The number of benzene rings is 1. The fraction of sp³-hybridized carbons (Fsp3) is 0.500. The highest BCUT2D eigenvalue weighted by molar-refractivity contribution is 5.90. The Balaban J connectivity index is 2.03. The maximum atomic E-state index is 12.2. The summed E-state index contributed by atoms with van der Waals surface area (Å²) in [6.07, 6.45) is 4.65. The van der Waals surface area contributed by atoms with E-state index in [1.807, 2.05) is 30.0 Å². The van der Waals surface area contributed by atoms with Crippen LogP contribution in [0.3, 0.4) is 0 Å². The highest BCUT2D eigenvalue weighted by atomic mass is 16.2. The van der Waals surface area contributed by atoms with Crippen LogP contribution in [-0.2, 0) is 0 Å². The smallest absolute Gasteiger partial charge is 0.321 e. The molecule has 1 heterocycles. The van der Waals surface area contributed by atoms with Crippen LogP contribution in [0.2, 0.25) is 0 Å². The minimum atomic E-state index is -0.00870. The number of hydrogen-bond donors (Lipinski definition) is 2. The van der Waals surface area contributed by atoms with Gasteiger partial charge in [0, 0.05) is 24.5 Å². The van der Waals surface area contributed by atoms with Gasteiger partial charge >= 0.3 is 6.03 Å². The Morgan fingerprint density at radius 3 is 2.56 bits per heavy atom. The molecule has 1 saturated heterocycles. The molecule has 1 fully saturated rings. The van der Waals surface area contributed by atoms with E-state index in [4.69, 9.17) is 5.73 Å². The van der Waals surface area contributed by atoms with E-state index in [1.165, 1.54) is 12.8 Å². The SMILES string of the molecule is Cc1ccc(N)cc1NC(=O)N1CCCCCC1. The van der Waals surface area contributed by atoms with Gasteiger partial charge in [-0.2, -0.15) is 0 Å². The molecule has 0 atom stereocenters. The molecule has 0 bridgehead atoms. The van der Waals surface area contributed by atoms with Crippen molar-refractivity contribution in [2.75, 3.05) is 24.1 Å². The van der Waals surface area contributed by atoms with Gasteiger partial charge in [0.2, 0.25) is 0 Å². The Morgan fingerprint density at radius 1 is 1.22 bits per heavy atom. The molecule has 2 rings (SSSR count). The summed E-state index contributed by atoms with van der Waals surface area (Å²) in [5.41, 5.74) is 8.26. The van der Waals surface area contributed by atoms with Crippen molar-refractivity contribution in [2.24, 2.45) is 0 Å². The van der Waals surface area contributed by atoms with E-state index < -0.39 is 0 Å². The summed E-state index contributed by atoms with van der Waals surface area (Å²) in [7, 11) is 0. The van der Waals surface area contributed by atoms with Crippen molar-refractivity contribution >= 4 is 17.4 Å². The van der Waals surface area contributed by atoms with Gasteiger partial charge < -0.3 is 16.0 Å². The number of carbonyl (C=O) groups excluding carboxylic acids is 1. The number of carbonyl (C=O) groups is 1. The van der Waals surface area contributed by atoms with E-state index in [9.17, 15) is 4.79 Å². The number of urea groups is 1. The van der Waals surface area contributed by atoms with E-state index in [1.54, 1.807) is 0 Å².